The summed E-state index contributed by atoms with van der Waals surface area (Å²) in [5, 5.41) is 8.24. The summed E-state index contributed by atoms with van der Waals surface area (Å²) in [7, 11) is 2.00. The van der Waals surface area contributed by atoms with Gasteiger partial charge in [-0.2, -0.15) is 4.48 Å². The minimum absolute atomic E-state index is 0.127. The van der Waals surface area contributed by atoms with Gasteiger partial charge in [0.2, 0.25) is 0 Å². The minimum Gasteiger partial charge on any atom is -0.337 e. The van der Waals surface area contributed by atoms with Gasteiger partial charge in [0.25, 0.3) is 0 Å². The molecule has 0 spiro atoms. The molecule has 0 amide bonds. The van der Waals surface area contributed by atoms with Crippen molar-refractivity contribution in [3.8, 4) is 0 Å². The van der Waals surface area contributed by atoms with Gasteiger partial charge in [-0.05, 0) is 24.0 Å². The van der Waals surface area contributed by atoms with E-state index in [1.807, 2.05) is 13.1 Å². The Morgan fingerprint density at radius 1 is 1.23 bits per heavy atom. The number of nitrogens with zero attached hydrogens (tertiary/aromatic N) is 1. The quantitative estimate of drug-likeness (QED) is 0.502. The van der Waals surface area contributed by atoms with E-state index in [0.29, 0.717) is 0 Å². The smallest absolute Gasteiger partial charge is 0.302 e. The molecule has 1 aliphatic carbocycles. The van der Waals surface area contributed by atoms with Crippen molar-refractivity contribution in [3.63, 3.8) is 0 Å². The van der Waals surface area contributed by atoms with Crippen molar-refractivity contribution in [2.24, 2.45) is 5.73 Å². The number of quaternary nitrogens is 1. The number of aryl methyl sites for hydroxylation is 1. The van der Waals surface area contributed by atoms with Gasteiger partial charge in [0.05, 0.1) is 7.05 Å². The van der Waals surface area contributed by atoms with Crippen LogP contribution in [0.4, 0.5) is 11.4 Å². The van der Waals surface area contributed by atoms with Crippen molar-refractivity contribution in [1.29, 1.82) is 5.41 Å². The molecule has 1 aliphatic rings. The lowest BCUT2D eigenvalue weighted by Crippen LogP contribution is -2.50. The van der Waals surface area contributed by atoms with Crippen molar-refractivity contribution in [1.82, 2.24) is 4.48 Å². The number of fused-ring (bicyclic) bond motifs is 1. The fraction of sp³-hybridized carbons (Fsp3) is 0.211. The maximum Gasteiger partial charge on any atom is 0.302 e. The molecule has 2 aromatic rings. The molecule has 22 heavy (non-hydrogen) atoms. The number of benzene rings is 2. The van der Waals surface area contributed by atoms with Gasteiger partial charge in [0, 0.05) is 23.8 Å². The Labute approximate surface area is 131 Å². The van der Waals surface area contributed by atoms with Crippen LogP contribution in [0.15, 0.2) is 48.5 Å². The first-order chi connectivity index (χ1) is 10.6. The molecule has 3 rings (SSSR count). The summed E-state index contributed by atoms with van der Waals surface area (Å²) in [6, 6.07) is 14.7. The van der Waals surface area contributed by atoms with Crippen LogP contribution in [0.5, 0.6) is 0 Å². The monoisotopic (exact) mass is 292 g/mol. The van der Waals surface area contributed by atoms with Crippen molar-refractivity contribution >= 4 is 23.4 Å². The molecule has 0 saturated carbocycles. The fourth-order valence-electron chi connectivity index (χ4n) is 3.13. The van der Waals surface area contributed by atoms with E-state index in [-0.39, 0.29) is 10.4 Å². The molecule has 0 bridgehead atoms. The molecule has 0 saturated heterocycles. The van der Waals surface area contributed by atoms with Crippen molar-refractivity contribution in [2.45, 2.75) is 19.8 Å². The fourth-order valence-corrected chi connectivity index (χ4v) is 3.13. The molecule has 2 aromatic carbocycles. The van der Waals surface area contributed by atoms with E-state index in [1.54, 1.807) is 0 Å². The molecule has 3 nitrogen and oxygen atoms in total. The highest BCUT2D eigenvalue weighted by Crippen LogP contribution is 2.39. The van der Waals surface area contributed by atoms with Crippen LogP contribution >= 0.6 is 0 Å². The van der Waals surface area contributed by atoms with E-state index in [4.69, 9.17) is 11.1 Å². The first-order valence-corrected chi connectivity index (χ1v) is 7.67. The van der Waals surface area contributed by atoms with E-state index in [2.05, 4.69) is 55.5 Å². The molecular formula is C19H22N3+. The predicted molar refractivity (Wildman–Crippen MR) is 94.3 cm³/mol. The van der Waals surface area contributed by atoms with Gasteiger partial charge in [-0.1, -0.05) is 43.3 Å². The Bertz CT molecular complexity index is 761. The first kappa shape index (κ1) is 14.5. The molecule has 112 valence electrons. The molecule has 0 fully saturated rings. The predicted octanol–water partition coefficient (Wildman–Crippen LogP) is 3.98. The largest absolute Gasteiger partial charge is 0.337 e. The van der Waals surface area contributed by atoms with E-state index < -0.39 is 0 Å². The Kier molecular flexibility index (Phi) is 3.59. The third-order valence-electron chi connectivity index (χ3n) is 4.59. The summed E-state index contributed by atoms with van der Waals surface area (Å²) in [4.78, 5) is 0. The summed E-state index contributed by atoms with van der Waals surface area (Å²) in [6.45, 7) is 2.14. The second-order valence-corrected chi connectivity index (χ2v) is 5.87. The summed E-state index contributed by atoms with van der Waals surface area (Å²) >= 11 is 0. The van der Waals surface area contributed by atoms with Crippen LogP contribution in [0.1, 0.15) is 23.6 Å². The first-order valence-electron chi connectivity index (χ1n) is 7.67. The Balaban J connectivity index is 2.23. The highest BCUT2D eigenvalue weighted by molar-refractivity contribution is 5.96. The maximum absolute atomic E-state index is 8.24. The highest BCUT2D eigenvalue weighted by atomic mass is 15.4. The molecular weight excluding hydrogens is 270 g/mol. The van der Waals surface area contributed by atoms with Crippen LogP contribution in [0.3, 0.4) is 0 Å². The average molecular weight is 292 g/mol. The van der Waals surface area contributed by atoms with Crippen LogP contribution in [0, 0.1) is 5.41 Å². The summed E-state index contributed by atoms with van der Waals surface area (Å²) in [6.07, 6.45) is 6.24. The Morgan fingerprint density at radius 2 is 2.00 bits per heavy atom. The Morgan fingerprint density at radius 3 is 2.73 bits per heavy atom. The molecule has 0 aromatic heterocycles. The molecule has 3 N–H and O–H groups in total. The third kappa shape index (κ3) is 2.14. The SMILES string of the molecule is CCc1cccc([N+](C)(C(=N)N)c2cccc3c2C=CC3)c1. The zero-order valence-corrected chi connectivity index (χ0v) is 13.1. The molecule has 1 unspecified atom stereocenters. The molecule has 3 heteroatoms. The second kappa shape index (κ2) is 5.43. The van der Waals surface area contributed by atoms with Gasteiger partial charge in [-0.25, -0.2) is 5.41 Å². The number of allylic oxidation sites excluding steroid dienone is 1. The lowest BCUT2D eigenvalue weighted by molar-refractivity contribution is 0.652. The summed E-state index contributed by atoms with van der Waals surface area (Å²) in [5.41, 5.74) is 11.9. The van der Waals surface area contributed by atoms with E-state index >= 15 is 0 Å². The van der Waals surface area contributed by atoms with Crippen molar-refractivity contribution in [3.05, 3.63) is 65.2 Å². The van der Waals surface area contributed by atoms with Gasteiger partial charge < -0.3 is 5.73 Å². The van der Waals surface area contributed by atoms with E-state index in [9.17, 15) is 0 Å². The standard InChI is InChI=1S/C19H22N3/c1-3-14-7-4-10-16(13-14)22(2,19(20)21)18-12-6-9-15-8-5-11-17(15)18/h4-7,9-13H,3,8H2,1-2H3,(H3,20,21)/q+1. The van der Waals surface area contributed by atoms with Crippen molar-refractivity contribution in [2.75, 3.05) is 7.05 Å². The summed E-state index contributed by atoms with van der Waals surface area (Å²) < 4.78 is 0.210. The number of nitrogens with one attached hydrogen (secondary N) is 1. The lowest BCUT2D eigenvalue weighted by atomic mass is 10.0. The van der Waals surface area contributed by atoms with Gasteiger partial charge in [0.15, 0.2) is 5.69 Å². The molecule has 1 atom stereocenters. The van der Waals surface area contributed by atoms with Crippen LogP contribution < -0.4 is 10.2 Å². The number of guanidine groups is 1. The second-order valence-electron chi connectivity index (χ2n) is 5.87. The van der Waals surface area contributed by atoms with Crippen LogP contribution in [0.2, 0.25) is 0 Å². The van der Waals surface area contributed by atoms with Gasteiger partial charge in [-0.3, -0.25) is 0 Å². The van der Waals surface area contributed by atoms with E-state index in [1.165, 1.54) is 16.7 Å². The van der Waals surface area contributed by atoms with Crippen molar-refractivity contribution < 1.29 is 0 Å². The number of nitrogens with two attached hydrogens (primary N) is 1. The molecule has 0 aliphatic heterocycles. The maximum atomic E-state index is 8.24. The zero-order chi connectivity index (χ0) is 15.7. The highest BCUT2D eigenvalue weighted by Gasteiger charge is 2.35. The number of hydrogen-bond acceptors (Lipinski definition) is 1. The Hall–Kier alpha value is -2.39. The topological polar surface area (TPSA) is 49.9 Å². The normalized spacial score (nSPS) is 15.4. The molecule has 0 heterocycles. The zero-order valence-electron chi connectivity index (χ0n) is 13.1. The van der Waals surface area contributed by atoms with E-state index in [0.717, 1.165) is 24.2 Å². The van der Waals surface area contributed by atoms with Crippen LogP contribution in [-0.4, -0.2) is 13.0 Å². The van der Waals surface area contributed by atoms with Gasteiger partial charge in [0.1, 0.15) is 5.69 Å². The minimum atomic E-state index is 0.127. The molecule has 0 radical (unpaired) electrons. The van der Waals surface area contributed by atoms with Gasteiger partial charge in [-0.15, -0.1) is 0 Å². The number of rotatable bonds is 3. The number of hydrogen-bond donors (Lipinski definition) is 2. The third-order valence-corrected chi connectivity index (χ3v) is 4.59. The summed E-state index contributed by atoms with van der Waals surface area (Å²) in [5.74, 6) is 0.127. The van der Waals surface area contributed by atoms with Crippen LogP contribution in [0.25, 0.3) is 6.08 Å². The average Bonchev–Trinajstić information content (AvgIpc) is 3.02. The lowest BCUT2D eigenvalue weighted by Gasteiger charge is -2.32. The van der Waals surface area contributed by atoms with Crippen LogP contribution in [-0.2, 0) is 12.8 Å². The van der Waals surface area contributed by atoms with Gasteiger partial charge >= 0.3 is 5.96 Å².